The maximum absolute atomic E-state index is 12.5. The third-order valence-electron chi connectivity index (χ3n) is 5.77. The largest absolute Gasteiger partial charge is 0.496 e. The van der Waals surface area contributed by atoms with E-state index in [2.05, 4.69) is 40.2 Å². The zero-order valence-corrected chi connectivity index (χ0v) is 17.6. The van der Waals surface area contributed by atoms with Gasteiger partial charge in [0, 0.05) is 44.7 Å². The molecule has 1 amide bonds. The van der Waals surface area contributed by atoms with Crippen LogP contribution in [-0.2, 0) is 11.2 Å². The molecule has 0 saturated carbocycles. The molecule has 1 unspecified atom stereocenters. The van der Waals surface area contributed by atoms with E-state index in [9.17, 15) is 4.79 Å². The number of hydrogen-bond donors (Lipinski definition) is 1. The van der Waals surface area contributed by atoms with Gasteiger partial charge in [0.1, 0.15) is 5.75 Å². The first-order chi connectivity index (χ1) is 14.2. The molecule has 1 heterocycles. The van der Waals surface area contributed by atoms with Gasteiger partial charge in [0.05, 0.1) is 13.2 Å². The molecule has 0 spiro atoms. The molecule has 1 saturated heterocycles. The summed E-state index contributed by atoms with van der Waals surface area (Å²) in [5.41, 5.74) is 2.34. The summed E-state index contributed by atoms with van der Waals surface area (Å²) in [4.78, 5) is 17.5. The van der Waals surface area contributed by atoms with Crippen LogP contribution in [0, 0.1) is 0 Å². The van der Waals surface area contributed by atoms with Crippen LogP contribution in [0.15, 0.2) is 54.6 Å². The molecule has 2 aromatic rings. The lowest BCUT2D eigenvalue weighted by Crippen LogP contribution is -2.49. The Hall–Kier alpha value is -2.37. The lowest BCUT2D eigenvalue weighted by atomic mass is 10.0. The summed E-state index contributed by atoms with van der Waals surface area (Å²) in [6, 6.07) is 18.4. The number of para-hydroxylation sites is 1. The van der Waals surface area contributed by atoms with E-state index in [4.69, 9.17) is 4.74 Å². The summed E-state index contributed by atoms with van der Waals surface area (Å²) >= 11 is 0. The molecule has 1 N–H and O–H groups in total. The third kappa shape index (κ3) is 6.05. The number of hydrogen-bond acceptors (Lipinski definition) is 4. The van der Waals surface area contributed by atoms with Gasteiger partial charge in [-0.3, -0.25) is 9.69 Å². The first-order valence-corrected chi connectivity index (χ1v) is 10.6. The topological polar surface area (TPSA) is 44.8 Å². The van der Waals surface area contributed by atoms with Gasteiger partial charge < -0.3 is 15.0 Å². The number of carbonyl (C=O) groups is 1. The number of benzene rings is 2. The van der Waals surface area contributed by atoms with E-state index < -0.39 is 0 Å². The molecular weight excluding hydrogens is 362 g/mol. The van der Waals surface area contributed by atoms with Crippen molar-refractivity contribution in [2.24, 2.45) is 0 Å². The van der Waals surface area contributed by atoms with Crippen molar-refractivity contribution in [3.63, 3.8) is 0 Å². The molecular formula is C24H33N3O2. The van der Waals surface area contributed by atoms with Gasteiger partial charge in [-0.15, -0.1) is 0 Å². The Labute approximate surface area is 174 Å². The van der Waals surface area contributed by atoms with Gasteiger partial charge in [-0.05, 0) is 24.6 Å². The highest BCUT2D eigenvalue weighted by atomic mass is 16.5. The Bertz CT molecular complexity index is 758. The Morgan fingerprint density at radius 3 is 2.41 bits per heavy atom. The number of piperazine rings is 1. The van der Waals surface area contributed by atoms with Gasteiger partial charge in [0.2, 0.25) is 5.91 Å². The maximum Gasteiger partial charge on any atom is 0.220 e. The third-order valence-corrected chi connectivity index (χ3v) is 5.77. The van der Waals surface area contributed by atoms with E-state index in [0.29, 0.717) is 13.0 Å². The van der Waals surface area contributed by atoms with E-state index in [1.807, 2.05) is 36.4 Å². The minimum absolute atomic E-state index is 0.0981. The molecule has 0 radical (unpaired) electrons. The fourth-order valence-corrected chi connectivity index (χ4v) is 3.97. The maximum atomic E-state index is 12.5. The van der Waals surface area contributed by atoms with Crippen molar-refractivity contribution < 1.29 is 9.53 Å². The fourth-order valence-electron chi connectivity index (χ4n) is 3.97. The molecule has 5 nitrogen and oxygen atoms in total. The second-order valence-electron chi connectivity index (χ2n) is 7.52. The van der Waals surface area contributed by atoms with E-state index in [0.717, 1.165) is 50.5 Å². The van der Waals surface area contributed by atoms with Crippen LogP contribution in [0.25, 0.3) is 0 Å². The van der Waals surface area contributed by atoms with Crippen molar-refractivity contribution in [3.8, 4) is 5.75 Å². The van der Waals surface area contributed by atoms with Crippen LogP contribution in [0.3, 0.4) is 0 Å². The van der Waals surface area contributed by atoms with Crippen LogP contribution in [0.2, 0.25) is 0 Å². The molecule has 1 atom stereocenters. The van der Waals surface area contributed by atoms with Crippen molar-refractivity contribution in [2.45, 2.75) is 25.8 Å². The summed E-state index contributed by atoms with van der Waals surface area (Å²) in [5.74, 6) is 0.981. The quantitative estimate of drug-likeness (QED) is 0.709. The molecule has 3 rings (SSSR count). The van der Waals surface area contributed by atoms with E-state index in [1.165, 1.54) is 5.56 Å². The molecule has 0 aromatic heterocycles. The first-order valence-electron chi connectivity index (χ1n) is 10.6. The predicted octanol–water partition coefficient (Wildman–Crippen LogP) is 3.12. The Morgan fingerprint density at radius 2 is 1.72 bits per heavy atom. The summed E-state index contributed by atoms with van der Waals surface area (Å²) < 4.78 is 5.62. The number of amides is 1. The molecule has 0 bridgehead atoms. The van der Waals surface area contributed by atoms with Gasteiger partial charge in [-0.1, -0.05) is 55.5 Å². The van der Waals surface area contributed by atoms with Gasteiger partial charge >= 0.3 is 0 Å². The summed E-state index contributed by atoms with van der Waals surface area (Å²) in [7, 11) is 1.71. The highest BCUT2D eigenvalue weighted by Gasteiger charge is 2.27. The predicted molar refractivity (Wildman–Crippen MR) is 117 cm³/mol. The lowest BCUT2D eigenvalue weighted by Gasteiger charge is -2.39. The second kappa shape index (κ2) is 11.0. The number of aryl methyl sites for hydroxylation is 1. The zero-order chi connectivity index (χ0) is 20.5. The number of nitrogens with zero attached hydrogens (tertiary/aromatic N) is 2. The first kappa shape index (κ1) is 21.3. The molecule has 156 valence electrons. The highest BCUT2D eigenvalue weighted by Crippen LogP contribution is 2.29. The van der Waals surface area contributed by atoms with E-state index in [1.54, 1.807) is 7.11 Å². The normalized spacial score (nSPS) is 16.3. The Morgan fingerprint density at radius 1 is 1.03 bits per heavy atom. The number of rotatable bonds is 9. The lowest BCUT2D eigenvalue weighted by molar-refractivity contribution is -0.121. The Kier molecular flexibility index (Phi) is 8.08. The zero-order valence-electron chi connectivity index (χ0n) is 17.6. The minimum atomic E-state index is 0.0981. The highest BCUT2D eigenvalue weighted by molar-refractivity contribution is 5.76. The molecule has 1 aliphatic rings. The van der Waals surface area contributed by atoms with Crippen molar-refractivity contribution in [1.29, 1.82) is 0 Å². The van der Waals surface area contributed by atoms with E-state index in [-0.39, 0.29) is 11.9 Å². The van der Waals surface area contributed by atoms with Gasteiger partial charge in [-0.2, -0.15) is 0 Å². The number of likely N-dealkylation sites (N-methyl/N-ethyl adjacent to an activating group) is 1. The van der Waals surface area contributed by atoms with Gasteiger partial charge in [0.25, 0.3) is 0 Å². The molecule has 2 aromatic carbocycles. The van der Waals surface area contributed by atoms with Crippen LogP contribution in [-0.4, -0.2) is 62.1 Å². The molecule has 0 aliphatic carbocycles. The molecule has 29 heavy (non-hydrogen) atoms. The molecule has 1 aliphatic heterocycles. The monoisotopic (exact) mass is 395 g/mol. The average Bonchev–Trinajstić information content (AvgIpc) is 2.79. The van der Waals surface area contributed by atoms with Crippen LogP contribution in [0.5, 0.6) is 5.75 Å². The van der Waals surface area contributed by atoms with Crippen molar-refractivity contribution in [1.82, 2.24) is 15.1 Å². The van der Waals surface area contributed by atoms with Crippen molar-refractivity contribution >= 4 is 5.91 Å². The summed E-state index contributed by atoms with van der Waals surface area (Å²) in [6.07, 6.45) is 1.27. The van der Waals surface area contributed by atoms with Crippen LogP contribution in [0.4, 0.5) is 0 Å². The molecule has 1 fully saturated rings. The van der Waals surface area contributed by atoms with Crippen LogP contribution in [0.1, 0.15) is 30.5 Å². The number of nitrogens with one attached hydrogen (secondary N) is 1. The summed E-state index contributed by atoms with van der Waals surface area (Å²) in [6.45, 7) is 8.00. The fraction of sp³-hybridized carbons (Fsp3) is 0.458. The Balaban J connectivity index is 1.64. The standard InChI is InChI=1S/C24H33N3O2/c1-3-26-15-17-27(18-16-26)22(21-11-7-8-12-23(21)29-2)19-25-24(28)14-13-20-9-5-4-6-10-20/h4-12,22H,3,13-19H2,1-2H3,(H,25,28). The minimum Gasteiger partial charge on any atom is -0.496 e. The number of methoxy groups -OCH3 is 1. The van der Waals surface area contributed by atoms with Gasteiger partial charge in [-0.25, -0.2) is 0 Å². The molecule has 5 heteroatoms. The smallest absolute Gasteiger partial charge is 0.220 e. The van der Waals surface area contributed by atoms with Gasteiger partial charge in [0.15, 0.2) is 0 Å². The van der Waals surface area contributed by atoms with Crippen molar-refractivity contribution in [2.75, 3.05) is 46.4 Å². The number of carbonyl (C=O) groups excluding carboxylic acids is 1. The van der Waals surface area contributed by atoms with E-state index >= 15 is 0 Å². The average molecular weight is 396 g/mol. The summed E-state index contributed by atoms with van der Waals surface area (Å²) in [5, 5.41) is 3.18. The number of ether oxygens (including phenoxy) is 1. The SMILES string of the molecule is CCN1CCN(C(CNC(=O)CCc2ccccc2)c2ccccc2OC)CC1. The van der Waals surface area contributed by atoms with Crippen LogP contribution >= 0.6 is 0 Å². The second-order valence-corrected chi connectivity index (χ2v) is 7.52. The van der Waals surface area contributed by atoms with Crippen LogP contribution < -0.4 is 10.1 Å². The van der Waals surface area contributed by atoms with Crippen molar-refractivity contribution in [3.05, 3.63) is 65.7 Å².